The summed E-state index contributed by atoms with van der Waals surface area (Å²) in [7, 11) is 0. The number of ether oxygens (including phenoxy) is 1. The average Bonchev–Trinajstić information content (AvgIpc) is 2.48. The summed E-state index contributed by atoms with van der Waals surface area (Å²) in [6.45, 7) is 4.77. The molecule has 0 bridgehead atoms. The van der Waals surface area contributed by atoms with Crippen molar-refractivity contribution in [3.8, 4) is 5.88 Å². The summed E-state index contributed by atoms with van der Waals surface area (Å²) in [4.78, 5) is 29.7. The summed E-state index contributed by atoms with van der Waals surface area (Å²) in [5.41, 5.74) is 5.86. The number of carbonyl (C=O) groups is 2. The third-order valence-electron chi connectivity index (χ3n) is 3.82. The van der Waals surface area contributed by atoms with E-state index >= 15 is 0 Å². The fourth-order valence-corrected chi connectivity index (χ4v) is 2.53. The van der Waals surface area contributed by atoms with Crippen LogP contribution in [0.1, 0.15) is 37.0 Å². The Kier molecular flexibility index (Phi) is 4.77. The van der Waals surface area contributed by atoms with Crippen LogP contribution in [0.5, 0.6) is 5.88 Å². The Balaban J connectivity index is 2.11. The lowest BCUT2D eigenvalue weighted by Crippen LogP contribution is -2.48. The van der Waals surface area contributed by atoms with Gasteiger partial charge < -0.3 is 15.4 Å². The molecule has 2 heterocycles. The molecule has 0 aromatic carbocycles. The molecule has 1 aromatic heterocycles. The number of primary amides is 1. The smallest absolute Gasteiger partial charge is 0.255 e. The highest BCUT2D eigenvalue weighted by Crippen LogP contribution is 2.23. The standard InChI is InChI=1S/C15H21N3O3/c1-3-21-13-7-6-11(8-17-13)15(20)18-9-12(14(16)19)5-4-10(18)2/h6-8,10,12H,3-5,9H2,1-2H3,(H2,16,19)/t10-,12+/m0/s1. The summed E-state index contributed by atoms with van der Waals surface area (Å²) in [5, 5.41) is 0. The van der Waals surface area contributed by atoms with Gasteiger partial charge in [-0.3, -0.25) is 9.59 Å². The van der Waals surface area contributed by atoms with Gasteiger partial charge in [-0.05, 0) is 32.8 Å². The second-order valence-corrected chi connectivity index (χ2v) is 5.30. The molecule has 2 amide bonds. The van der Waals surface area contributed by atoms with Gasteiger partial charge in [0.1, 0.15) is 0 Å². The summed E-state index contributed by atoms with van der Waals surface area (Å²) < 4.78 is 5.26. The second kappa shape index (κ2) is 6.56. The number of rotatable bonds is 4. The van der Waals surface area contributed by atoms with Gasteiger partial charge in [-0.1, -0.05) is 0 Å². The maximum absolute atomic E-state index is 12.5. The van der Waals surface area contributed by atoms with Crippen molar-refractivity contribution in [1.29, 1.82) is 0 Å². The fraction of sp³-hybridized carbons (Fsp3) is 0.533. The molecule has 1 fully saturated rings. The monoisotopic (exact) mass is 291 g/mol. The predicted molar refractivity (Wildman–Crippen MR) is 77.8 cm³/mol. The van der Waals surface area contributed by atoms with E-state index in [2.05, 4.69) is 4.98 Å². The third-order valence-corrected chi connectivity index (χ3v) is 3.82. The molecule has 2 atom stereocenters. The molecule has 2 N–H and O–H groups in total. The molecule has 1 aromatic rings. The van der Waals surface area contributed by atoms with E-state index in [0.717, 1.165) is 12.8 Å². The Morgan fingerprint density at radius 3 is 2.76 bits per heavy atom. The van der Waals surface area contributed by atoms with Crippen LogP contribution in [-0.2, 0) is 4.79 Å². The Morgan fingerprint density at radius 1 is 1.43 bits per heavy atom. The summed E-state index contributed by atoms with van der Waals surface area (Å²) in [5.74, 6) is -0.231. The van der Waals surface area contributed by atoms with Crippen LogP contribution in [0.3, 0.4) is 0 Å². The number of amides is 2. The van der Waals surface area contributed by atoms with E-state index in [1.165, 1.54) is 6.20 Å². The molecule has 0 radical (unpaired) electrons. The van der Waals surface area contributed by atoms with Crippen molar-refractivity contribution in [2.45, 2.75) is 32.7 Å². The minimum atomic E-state index is -0.343. The number of piperidine rings is 1. The summed E-state index contributed by atoms with van der Waals surface area (Å²) in [6.07, 6.45) is 3.03. The van der Waals surface area contributed by atoms with Gasteiger partial charge >= 0.3 is 0 Å². The lowest BCUT2D eigenvalue weighted by Gasteiger charge is -2.36. The zero-order chi connectivity index (χ0) is 15.4. The van der Waals surface area contributed by atoms with Gasteiger partial charge in [0.15, 0.2) is 0 Å². The third kappa shape index (κ3) is 3.51. The predicted octanol–water partition coefficient (Wildman–Crippen LogP) is 1.21. The van der Waals surface area contributed by atoms with E-state index in [9.17, 15) is 9.59 Å². The largest absolute Gasteiger partial charge is 0.478 e. The molecule has 1 aliphatic rings. The first-order valence-electron chi connectivity index (χ1n) is 7.22. The van der Waals surface area contributed by atoms with Gasteiger partial charge in [-0.15, -0.1) is 0 Å². The fourth-order valence-electron chi connectivity index (χ4n) is 2.53. The molecule has 6 heteroatoms. The van der Waals surface area contributed by atoms with Crippen LogP contribution in [0.15, 0.2) is 18.3 Å². The van der Waals surface area contributed by atoms with E-state index in [-0.39, 0.29) is 23.8 Å². The number of likely N-dealkylation sites (tertiary alicyclic amines) is 1. The first-order valence-corrected chi connectivity index (χ1v) is 7.22. The van der Waals surface area contributed by atoms with Crippen LogP contribution in [0.2, 0.25) is 0 Å². The van der Waals surface area contributed by atoms with Crippen molar-refractivity contribution in [2.24, 2.45) is 11.7 Å². The van der Waals surface area contributed by atoms with Crippen LogP contribution in [0.25, 0.3) is 0 Å². The average molecular weight is 291 g/mol. The van der Waals surface area contributed by atoms with Crippen molar-refractivity contribution >= 4 is 11.8 Å². The minimum Gasteiger partial charge on any atom is -0.478 e. The molecular formula is C15H21N3O3. The molecule has 0 saturated carbocycles. The number of carbonyl (C=O) groups excluding carboxylic acids is 2. The van der Waals surface area contributed by atoms with Gasteiger partial charge in [0.2, 0.25) is 11.8 Å². The Labute approximate surface area is 124 Å². The first kappa shape index (κ1) is 15.3. The highest BCUT2D eigenvalue weighted by Gasteiger charge is 2.32. The lowest BCUT2D eigenvalue weighted by molar-refractivity contribution is -0.123. The maximum Gasteiger partial charge on any atom is 0.255 e. The molecule has 0 unspecified atom stereocenters. The maximum atomic E-state index is 12.5. The van der Waals surface area contributed by atoms with Gasteiger partial charge in [0, 0.05) is 24.8 Å². The van der Waals surface area contributed by atoms with Gasteiger partial charge in [-0.2, -0.15) is 0 Å². The van der Waals surface area contributed by atoms with Crippen molar-refractivity contribution in [2.75, 3.05) is 13.2 Å². The van der Waals surface area contributed by atoms with E-state index in [0.29, 0.717) is 24.6 Å². The number of aromatic nitrogens is 1. The number of nitrogens with zero attached hydrogens (tertiary/aromatic N) is 2. The molecule has 2 rings (SSSR count). The van der Waals surface area contributed by atoms with Crippen molar-refractivity contribution in [1.82, 2.24) is 9.88 Å². The Hall–Kier alpha value is -2.11. The van der Waals surface area contributed by atoms with Gasteiger partial charge in [-0.25, -0.2) is 4.98 Å². The normalized spacial score (nSPS) is 21.9. The lowest BCUT2D eigenvalue weighted by atomic mass is 9.92. The number of hydrogen-bond acceptors (Lipinski definition) is 4. The molecule has 6 nitrogen and oxygen atoms in total. The molecule has 21 heavy (non-hydrogen) atoms. The van der Waals surface area contributed by atoms with Crippen molar-refractivity contribution in [3.63, 3.8) is 0 Å². The van der Waals surface area contributed by atoms with Crippen molar-refractivity contribution in [3.05, 3.63) is 23.9 Å². The summed E-state index contributed by atoms with van der Waals surface area (Å²) >= 11 is 0. The van der Waals surface area contributed by atoms with Crippen molar-refractivity contribution < 1.29 is 14.3 Å². The molecule has 114 valence electrons. The van der Waals surface area contributed by atoms with Gasteiger partial charge in [0.05, 0.1) is 18.1 Å². The number of pyridine rings is 1. The van der Waals surface area contributed by atoms with Crippen LogP contribution < -0.4 is 10.5 Å². The topological polar surface area (TPSA) is 85.5 Å². The SMILES string of the molecule is CCOc1ccc(C(=O)N2C[C@H](C(N)=O)CC[C@@H]2C)cn1. The highest BCUT2D eigenvalue weighted by molar-refractivity contribution is 5.94. The second-order valence-electron chi connectivity index (χ2n) is 5.30. The minimum absolute atomic E-state index is 0.0969. The molecule has 1 aliphatic heterocycles. The Morgan fingerprint density at radius 2 is 2.19 bits per heavy atom. The van der Waals surface area contributed by atoms with Crippen LogP contribution >= 0.6 is 0 Å². The quantitative estimate of drug-likeness (QED) is 0.903. The van der Waals surface area contributed by atoms with E-state index in [1.54, 1.807) is 17.0 Å². The zero-order valence-corrected chi connectivity index (χ0v) is 12.4. The van der Waals surface area contributed by atoms with E-state index in [1.807, 2.05) is 13.8 Å². The highest BCUT2D eigenvalue weighted by atomic mass is 16.5. The molecule has 1 saturated heterocycles. The van der Waals surface area contributed by atoms with Gasteiger partial charge in [0.25, 0.3) is 5.91 Å². The van der Waals surface area contributed by atoms with Crippen LogP contribution in [0.4, 0.5) is 0 Å². The molecule has 0 spiro atoms. The number of nitrogens with two attached hydrogens (primary N) is 1. The Bertz CT molecular complexity index is 515. The zero-order valence-electron chi connectivity index (χ0n) is 12.4. The molecular weight excluding hydrogens is 270 g/mol. The van der Waals surface area contributed by atoms with Crippen LogP contribution in [0, 0.1) is 5.92 Å². The first-order chi connectivity index (χ1) is 10.0. The van der Waals surface area contributed by atoms with E-state index < -0.39 is 0 Å². The van der Waals surface area contributed by atoms with Crippen LogP contribution in [-0.4, -0.2) is 40.9 Å². The summed E-state index contributed by atoms with van der Waals surface area (Å²) in [6, 6.07) is 3.47. The number of hydrogen-bond donors (Lipinski definition) is 1. The molecule has 0 aliphatic carbocycles. The van der Waals surface area contributed by atoms with E-state index in [4.69, 9.17) is 10.5 Å².